The number of anilines is 1. The number of carbonyl (C=O) groups is 2. The summed E-state index contributed by atoms with van der Waals surface area (Å²) in [6.07, 6.45) is -4.48. The molecule has 0 saturated carbocycles. The third-order valence-corrected chi connectivity index (χ3v) is 5.92. The number of alkyl halides is 3. The predicted octanol–water partition coefficient (Wildman–Crippen LogP) is 3.93. The summed E-state index contributed by atoms with van der Waals surface area (Å²) < 4.78 is 38.8. The number of thiophene rings is 1. The van der Waals surface area contributed by atoms with Crippen LogP contribution < -0.4 is 5.32 Å². The smallest absolute Gasteiger partial charge is 0.376 e. The van der Waals surface area contributed by atoms with Crippen molar-refractivity contribution in [3.05, 3.63) is 50.6 Å². The van der Waals surface area contributed by atoms with E-state index in [1.165, 1.54) is 23.5 Å². The van der Waals surface area contributed by atoms with Gasteiger partial charge in [0.15, 0.2) is 0 Å². The molecule has 2 heterocycles. The number of halogens is 4. The Balaban J connectivity index is 1.52. The van der Waals surface area contributed by atoms with Gasteiger partial charge in [-0.3, -0.25) is 9.59 Å². The molecule has 0 atom stereocenters. The highest BCUT2D eigenvalue weighted by Gasteiger charge is 2.33. The number of nitrogens with one attached hydrogen (secondary N) is 1. The molecule has 2 amide bonds. The van der Waals surface area contributed by atoms with Crippen molar-refractivity contribution in [1.82, 2.24) is 9.80 Å². The van der Waals surface area contributed by atoms with E-state index in [0.717, 1.165) is 6.07 Å². The molecule has 150 valence electrons. The number of benzene rings is 1. The summed E-state index contributed by atoms with van der Waals surface area (Å²) in [5.74, 6) is -0.269. The maximum atomic E-state index is 13.0. The van der Waals surface area contributed by atoms with Crippen LogP contribution in [0.1, 0.15) is 15.2 Å². The molecule has 1 aliphatic heterocycles. The minimum atomic E-state index is -4.48. The van der Waals surface area contributed by atoms with Crippen LogP contribution in [0.25, 0.3) is 0 Å². The Morgan fingerprint density at radius 1 is 1.11 bits per heavy atom. The van der Waals surface area contributed by atoms with Crippen molar-refractivity contribution in [2.24, 2.45) is 0 Å². The first kappa shape index (κ1) is 20.7. The van der Waals surface area contributed by atoms with Gasteiger partial charge in [-0.25, -0.2) is 0 Å². The maximum absolute atomic E-state index is 13.0. The molecule has 0 unspecified atom stereocenters. The lowest BCUT2D eigenvalue weighted by atomic mass is 10.2. The van der Waals surface area contributed by atoms with Gasteiger partial charge in [0, 0.05) is 36.3 Å². The zero-order valence-electron chi connectivity index (χ0n) is 14.6. The number of hydrogen-bond donors (Lipinski definition) is 1. The van der Waals surface area contributed by atoms with E-state index >= 15 is 0 Å². The Morgan fingerprint density at radius 3 is 2.39 bits per heavy atom. The molecule has 0 bridgehead atoms. The molecule has 3 rings (SSSR count). The van der Waals surface area contributed by atoms with Crippen molar-refractivity contribution >= 4 is 44.8 Å². The Kier molecular flexibility index (Phi) is 6.29. The lowest BCUT2D eigenvalue weighted by Gasteiger charge is -2.34. The second kappa shape index (κ2) is 8.52. The van der Waals surface area contributed by atoms with Crippen molar-refractivity contribution < 1.29 is 22.8 Å². The van der Waals surface area contributed by atoms with Crippen LogP contribution in [-0.2, 0) is 11.0 Å². The molecule has 0 aliphatic carbocycles. The fourth-order valence-electron chi connectivity index (χ4n) is 2.86. The molecular formula is C18H17BrF3N3O2S. The van der Waals surface area contributed by atoms with E-state index in [1.807, 2.05) is 11.4 Å². The van der Waals surface area contributed by atoms with Gasteiger partial charge in [-0.15, -0.1) is 11.3 Å². The third-order valence-electron chi connectivity index (χ3n) is 4.37. The molecule has 1 saturated heterocycles. The first-order valence-electron chi connectivity index (χ1n) is 8.47. The average molecular weight is 476 g/mol. The SMILES string of the molecule is O=C(CNc1ccc(Br)c(C(F)(F)F)c1)N1CCN(C(=O)c2cccs2)CC1. The average Bonchev–Trinajstić information content (AvgIpc) is 3.20. The van der Waals surface area contributed by atoms with Crippen molar-refractivity contribution in [2.45, 2.75) is 6.18 Å². The van der Waals surface area contributed by atoms with Gasteiger partial charge in [0.2, 0.25) is 5.91 Å². The summed E-state index contributed by atoms with van der Waals surface area (Å²) in [7, 11) is 0. The molecule has 2 aromatic rings. The van der Waals surface area contributed by atoms with Gasteiger partial charge in [0.25, 0.3) is 5.91 Å². The largest absolute Gasteiger partial charge is 0.417 e. The summed E-state index contributed by atoms with van der Waals surface area (Å²) in [5, 5.41) is 4.59. The molecule has 1 aliphatic rings. The van der Waals surface area contributed by atoms with Gasteiger partial charge in [-0.05, 0) is 29.6 Å². The quantitative estimate of drug-likeness (QED) is 0.728. The molecule has 1 aromatic carbocycles. The highest BCUT2D eigenvalue weighted by molar-refractivity contribution is 9.10. The van der Waals surface area contributed by atoms with Crippen LogP contribution in [-0.4, -0.2) is 54.3 Å². The molecular weight excluding hydrogens is 459 g/mol. The first-order valence-corrected chi connectivity index (χ1v) is 10.1. The van der Waals surface area contributed by atoms with E-state index in [9.17, 15) is 22.8 Å². The number of carbonyl (C=O) groups excluding carboxylic acids is 2. The summed E-state index contributed by atoms with van der Waals surface area (Å²) in [4.78, 5) is 28.6. The topological polar surface area (TPSA) is 52.7 Å². The second-order valence-corrected chi connectivity index (χ2v) is 8.00. The Morgan fingerprint density at radius 2 is 1.79 bits per heavy atom. The fraction of sp³-hybridized carbons (Fsp3) is 0.333. The number of amides is 2. The van der Waals surface area contributed by atoms with Crippen LogP contribution in [0, 0.1) is 0 Å². The molecule has 0 radical (unpaired) electrons. The standard InChI is InChI=1S/C18H17BrF3N3O2S/c19-14-4-3-12(10-13(14)18(20,21)22)23-11-16(26)24-5-7-25(8-6-24)17(27)15-2-1-9-28-15/h1-4,9-10,23H,5-8,11H2. The lowest BCUT2D eigenvalue weighted by molar-refractivity contribution is -0.138. The van der Waals surface area contributed by atoms with E-state index in [2.05, 4.69) is 21.2 Å². The zero-order chi connectivity index (χ0) is 20.3. The van der Waals surface area contributed by atoms with Crippen molar-refractivity contribution in [3.8, 4) is 0 Å². The maximum Gasteiger partial charge on any atom is 0.417 e. The molecule has 10 heteroatoms. The van der Waals surface area contributed by atoms with Crippen LogP contribution in [0.15, 0.2) is 40.2 Å². The molecule has 1 N–H and O–H groups in total. The summed E-state index contributed by atoms with van der Waals surface area (Å²) in [6.45, 7) is 1.54. The monoisotopic (exact) mass is 475 g/mol. The highest BCUT2D eigenvalue weighted by atomic mass is 79.9. The van der Waals surface area contributed by atoms with Crippen LogP contribution in [0.5, 0.6) is 0 Å². The van der Waals surface area contributed by atoms with Gasteiger partial charge in [-0.2, -0.15) is 13.2 Å². The van der Waals surface area contributed by atoms with E-state index < -0.39 is 11.7 Å². The van der Waals surface area contributed by atoms with Gasteiger partial charge < -0.3 is 15.1 Å². The van der Waals surface area contributed by atoms with Gasteiger partial charge in [0.1, 0.15) is 0 Å². The van der Waals surface area contributed by atoms with E-state index in [-0.39, 0.29) is 28.5 Å². The molecule has 1 aromatic heterocycles. The van der Waals surface area contributed by atoms with Crippen molar-refractivity contribution in [2.75, 3.05) is 38.0 Å². The summed E-state index contributed by atoms with van der Waals surface area (Å²) >= 11 is 4.26. The highest BCUT2D eigenvalue weighted by Crippen LogP contribution is 2.36. The number of piperazine rings is 1. The van der Waals surface area contributed by atoms with Gasteiger partial charge in [-0.1, -0.05) is 22.0 Å². The molecule has 28 heavy (non-hydrogen) atoms. The van der Waals surface area contributed by atoms with Crippen LogP contribution in [0.3, 0.4) is 0 Å². The van der Waals surface area contributed by atoms with Crippen LogP contribution in [0.2, 0.25) is 0 Å². The van der Waals surface area contributed by atoms with E-state index in [1.54, 1.807) is 15.9 Å². The zero-order valence-corrected chi connectivity index (χ0v) is 17.0. The normalized spacial score (nSPS) is 14.9. The van der Waals surface area contributed by atoms with Crippen LogP contribution >= 0.6 is 27.3 Å². The van der Waals surface area contributed by atoms with Crippen molar-refractivity contribution in [1.29, 1.82) is 0 Å². The van der Waals surface area contributed by atoms with Gasteiger partial charge in [0.05, 0.1) is 17.0 Å². The van der Waals surface area contributed by atoms with E-state index in [4.69, 9.17) is 0 Å². The summed E-state index contributed by atoms with van der Waals surface area (Å²) in [6, 6.07) is 7.32. The summed E-state index contributed by atoms with van der Waals surface area (Å²) in [5.41, 5.74) is -0.582. The lowest BCUT2D eigenvalue weighted by Crippen LogP contribution is -2.51. The minimum Gasteiger partial charge on any atom is -0.376 e. The second-order valence-electron chi connectivity index (χ2n) is 6.20. The Bertz CT molecular complexity index is 850. The molecule has 5 nitrogen and oxygen atoms in total. The predicted molar refractivity (Wildman–Crippen MR) is 104 cm³/mol. The molecule has 1 fully saturated rings. The first-order chi connectivity index (χ1) is 13.3. The number of rotatable bonds is 4. The minimum absolute atomic E-state index is 0.0465. The molecule has 0 spiro atoms. The van der Waals surface area contributed by atoms with Crippen molar-refractivity contribution in [3.63, 3.8) is 0 Å². The number of nitrogens with zero attached hydrogens (tertiary/aromatic N) is 2. The Labute approximate surface area is 172 Å². The van der Waals surface area contributed by atoms with E-state index in [0.29, 0.717) is 31.1 Å². The third kappa shape index (κ3) is 4.85. The fourth-order valence-corrected chi connectivity index (χ4v) is 4.02. The Hall–Kier alpha value is -2.07. The number of hydrogen-bond acceptors (Lipinski definition) is 4. The van der Waals surface area contributed by atoms with Crippen LogP contribution in [0.4, 0.5) is 18.9 Å². The van der Waals surface area contributed by atoms with Gasteiger partial charge >= 0.3 is 6.18 Å².